The zero-order valence-corrected chi connectivity index (χ0v) is 9.92. The van der Waals surface area contributed by atoms with Gasteiger partial charge in [0.25, 0.3) is 5.91 Å². The Morgan fingerprint density at radius 3 is 2.56 bits per heavy atom. The summed E-state index contributed by atoms with van der Waals surface area (Å²) in [5, 5.41) is 0. The fourth-order valence-electron chi connectivity index (χ4n) is 1.19. The average Bonchev–Trinajstić information content (AvgIpc) is 2.26. The third-order valence-electron chi connectivity index (χ3n) is 2.42. The maximum absolute atomic E-state index is 13.4. The quantitative estimate of drug-likeness (QED) is 0.816. The second kappa shape index (κ2) is 5.03. The Morgan fingerprint density at radius 1 is 1.50 bits per heavy atom. The van der Waals surface area contributed by atoms with Crippen LogP contribution in [-0.4, -0.2) is 28.9 Å². The van der Waals surface area contributed by atoms with Gasteiger partial charge in [0.15, 0.2) is 0 Å². The van der Waals surface area contributed by atoms with E-state index in [4.69, 9.17) is 18.0 Å². The lowest BCUT2D eigenvalue weighted by molar-refractivity contribution is 0.0774. The van der Waals surface area contributed by atoms with Gasteiger partial charge in [0.1, 0.15) is 5.82 Å². The van der Waals surface area contributed by atoms with E-state index < -0.39 is 17.8 Å². The molecule has 3 nitrogen and oxygen atoms in total. The predicted molar refractivity (Wildman–Crippen MR) is 64.7 cm³/mol. The van der Waals surface area contributed by atoms with E-state index >= 15 is 0 Å². The van der Waals surface area contributed by atoms with Crippen molar-refractivity contribution in [3.8, 4) is 0 Å². The highest BCUT2D eigenvalue weighted by molar-refractivity contribution is 7.80. The number of rotatable bonds is 3. The first kappa shape index (κ1) is 12.6. The van der Waals surface area contributed by atoms with Gasteiger partial charge < -0.3 is 10.6 Å². The van der Waals surface area contributed by atoms with E-state index in [2.05, 4.69) is 0 Å². The summed E-state index contributed by atoms with van der Waals surface area (Å²) < 4.78 is 13.4. The lowest BCUT2D eigenvalue weighted by Crippen LogP contribution is -2.43. The average molecular weight is 240 g/mol. The molecule has 16 heavy (non-hydrogen) atoms. The van der Waals surface area contributed by atoms with Crippen LogP contribution in [0.15, 0.2) is 24.3 Å². The number of nitrogens with zero attached hydrogens (tertiary/aromatic N) is 1. The van der Waals surface area contributed by atoms with Gasteiger partial charge in [-0.25, -0.2) is 4.39 Å². The molecule has 2 N–H and O–H groups in total. The molecule has 1 unspecified atom stereocenters. The van der Waals surface area contributed by atoms with Crippen LogP contribution in [0.3, 0.4) is 0 Å². The standard InChI is InChI=1S/C11H13FN2OS/c1-7(10(13)16)14(2)11(15)8-5-3-4-6-9(8)12/h3-7H,1-2H3,(H2,13,16). The Hall–Kier alpha value is -1.49. The third kappa shape index (κ3) is 2.55. The molecule has 0 aliphatic carbocycles. The van der Waals surface area contributed by atoms with Crippen molar-refractivity contribution in [2.24, 2.45) is 5.73 Å². The van der Waals surface area contributed by atoms with Crippen molar-refractivity contribution in [1.29, 1.82) is 0 Å². The van der Waals surface area contributed by atoms with Crippen LogP contribution in [0.25, 0.3) is 0 Å². The lowest BCUT2D eigenvalue weighted by atomic mass is 10.1. The van der Waals surface area contributed by atoms with Crippen molar-refractivity contribution in [3.05, 3.63) is 35.6 Å². The fourth-order valence-corrected chi connectivity index (χ4v) is 1.35. The van der Waals surface area contributed by atoms with Gasteiger partial charge in [-0.1, -0.05) is 24.4 Å². The summed E-state index contributed by atoms with van der Waals surface area (Å²) in [6.45, 7) is 1.70. The zero-order valence-electron chi connectivity index (χ0n) is 9.11. The van der Waals surface area contributed by atoms with Gasteiger partial charge in [-0.3, -0.25) is 4.79 Å². The summed E-state index contributed by atoms with van der Waals surface area (Å²) in [5.41, 5.74) is 5.46. The first-order chi connectivity index (χ1) is 7.45. The van der Waals surface area contributed by atoms with Gasteiger partial charge in [0.05, 0.1) is 16.6 Å². The molecule has 0 aromatic heterocycles. The number of likely N-dealkylation sites (N-methyl/N-ethyl adjacent to an activating group) is 1. The van der Waals surface area contributed by atoms with E-state index in [1.807, 2.05) is 0 Å². The molecule has 1 aromatic carbocycles. The number of hydrogen-bond acceptors (Lipinski definition) is 2. The summed E-state index contributed by atoms with van der Waals surface area (Å²) in [6, 6.07) is 5.41. The van der Waals surface area contributed by atoms with Crippen molar-refractivity contribution in [3.63, 3.8) is 0 Å². The number of nitrogens with two attached hydrogens (primary N) is 1. The Bertz CT molecular complexity index is 422. The van der Waals surface area contributed by atoms with Crippen LogP contribution in [0.1, 0.15) is 17.3 Å². The molecule has 0 aliphatic heterocycles. The number of halogens is 1. The fraction of sp³-hybridized carbons (Fsp3) is 0.273. The van der Waals surface area contributed by atoms with Crippen LogP contribution in [0, 0.1) is 5.82 Å². The van der Waals surface area contributed by atoms with E-state index in [9.17, 15) is 9.18 Å². The Kier molecular flexibility index (Phi) is 3.95. The topological polar surface area (TPSA) is 46.3 Å². The third-order valence-corrected chi connectivity index (χ3v) is 2.76. The van der Waals surface area contributed by atoms with E-state index in [0.717, 1.165) is 0 Å². The first-order valence-electron chi connectivity index (χ1n) is 4.76. The van der Waals surface area contributed by atoms with Crippen LogP contribution in [-0.2, 0) is 0 Å². The van der Waals surface area contributed by atoms with E-state index in [-0.39, 0.29) is 10.6 Å². The molecule has 1 rings (SSSR count). The second-order valence-corrected chi connectivity index (χ2v) is 3.95. The molecule has 0 radical (unpaired) electrons. The van der Waals surface area contributed by atoms with E-state index in [1.165, 1.54) is 23.1 Å². The first-order valence-corrected chi connectivity index (χ1v) is 5.17. The molecule has 0 aliphatic rings. The molecule has 86 valence electrons. The minimum Gasteiger partial charge on any atom is -0.392 e. The number of benzene rings is 1. The summed E-state index contributed by atoms with van der Waals surface area (Å²) in [7, 11) is 1.54. The summed E-state index contributed by atoms with van der Waals surface area (Å²) in [4.78, 5) is 13.4. The molecule has 1 amide bonds. The Labute approximate surface area is 99.0 Å². The highest BCUT2D eigenvalue weighted by atomic mass is 32.1. The van der Waals surface area contributed by atoms with Gasteiger partial charge >= 0.3 is 0 Å². The summed E-state index contributed by atoms with van der Waals surface area (Å²) in [5.74, 6) is -0.979. The second-order valence-electron chi connectivity index (χ2n) is 3.47. The normalized spacial score (nSPS) is 11.9. The van der Waals surface area contributed by atoms with Crippen LogP contribution >= 0.6 is 12.2 Å². The number of thiocarbonyl (C=S) groups is 1. The molecular formula is C11H13FN2OS. The van der Waals surface area contributed by atoms with Gasteiger partial charge in [0.2, 0.25) is 0 Å². The van der Waals surface area contributed by atoms with Crippen LogP contribution in [0.5, 0.6) is 0 Å². The highest BCUT2D eigenvalue weighted by Gasteiger charge is 2.21. The molecule has 5 heteroatoms. The summed E-state index contributed by atoms with van der Waals surface area (Å²) >= 11 is 4.79. The van der Waals surface area contributed by atoms with Crippen molar-refractivity contribution in [2.45, 2.75) is 13.0 Å². The number of hydrogen-bond donors (Lipinski definition) is 1. The maximum atomic E-state index is 13.4. The van der Waals surface area contributed by atoms with Crippen molar-refractivity contribution in [2.75, 3.05) is 7.05 Å². The lowest BCUT2D eigenvalue weighted by Gasteiger charge is -2.24. The van der Waals surface area contributed by atoms with Crippen LogP contribution in [0.2, 0.25) is 0 Å². The largest absolute Gasteiger partial charge is 0.392 e. The van der Waals surface area contributed by atoms with Crippen LogP contribution < -0.4 is 5.73 Å². The highest BCUT2D eigenvalue weighted by Crippen LogP contribution is 2.11. The molecular weight excluding hydrogens is 227 g/mol. The van der Waals surface area contributed by atoms with Gasteiger partial charge in [0, 0.05) is 7.05 Å². The van der Waals surface area contributed by atoms with Gasteiger partial charge in [-0.2, -0.15) is 0 Å². The molecule has 1 atom stereocenters. The zero-order chi connectivity index (χ0) is 12.3. The maximum Gasteiger partial charge on any atom is 0.257 e. The Morgan fingerprint density at radius 2 is 2.06 bits per heavy atom. The molecule has 0 fully saturated rings. The molecule has 0 heterocycles. The smallest absolute Gasteiger partial charge is 0.257 e. The monoisotopic (exact) mass is 240 g/mol. The molecule has 0 saturated carbocycles. The SMILES string of the molecule is CC(C(N)=S)N(C)C(=O)c1ccccc1F. The molecule has 0 bridgehead atoms. The Balaban J connectivity index is 2.95. The van der Waals surface area contributed by atoms with Gasteiger partial charge in [-0.05, 0) is 19.1 Å². The van der Waals surface area contributed by atoms with Gasteiger partial charge in [-0.15, -0.1) is 0 Å². The number of carbonyl (C=O) groups excluding carboxylic acids is 1. The molecule has 0 spiro atoms. The van der Waals surface area contributed by atoms with Crippen molar-refractivity contribution in [1.82, 2.24) is 4.90 Å². The summed E-state index contributed by atoms with van der Waals surface area (Å²) in [6.07, 6.45) is 0. The number of amides is 1. The number of carbonyl (C=O) groups is 1. The van der Waals surface area contributed by atoms with Crippen LogP contribution in [0.4, 0.5) is 4.39 Å². The molecule has 1 aromatic rings. The van der Waals surface area contributed by atoms with E-state index in [1.54, 1.807) is 20.0 Å². The molecule has 0 saturated heterocycles. The van der Waals surface area contributed by atoms with E-state index in [0.29, 0.717) is 0 Å². The minimum atomic E-state index is -0.547. The van der Waals surface area contributed by atoms with Crippen molar-refractivity contribution >= 4 is 23.1 Å². The van der Waals surface area contributed by atoms with Crippen molar-refractivity contribution < 1.29 is 9.18 Å². The predicted octanol–water partition coefficient (Wildman–Crippen LogP) is 1.57. The minimum absolute atomic E-state index is 0.0214.